The Bertz CT molecular complexity index is 746. The lowest BCUT2D eigenvalue weighted by Gasteiger charge is -1.99. The van der Waals surface area contributed by atoms with E-state index in [4.69, 9.17) is 11.5 Å². The van der Waals surface area contributed by atoms with Crippen molar-refractivity contribution in [3.63, 3.8) is 0 Å². The molecule has 0 bridgehead atoms. The number of hydrogen-bond acceptors (Lipinski definition) is 12. The summed E-state index contributed by atoms with van der Waals surface area (Å²) in [4.78, 5) is 22.9. The lowest BCUT2D eigenvalue weighted by molar-refractivity contribution is 0.251. The predicted molar refractivity (Wildman–Crippen MR) is 92.6 cm³/mol. The molecule has 2 rings (SSSR count). The van der Waals surface area contributed by atoms with Gasteiger partial charge in [0, 0.05) is 12.4 Å². The van der Waals surface area contributed by atoms with Gasteiger partial charge in [0.2, 0.25) is 23.3 Å². The first-order chi connectivity index (χ1) is 13.1. The summed E-state index contributed by atoms with van der Waals surface area (Å²) in [7, 11) is 0. The Morgan fingerprint density at radius 1 is 0.852 bits per heavy atom. The predicted octanol–water partition coefficient (Wildman–Crippen LogP) is -0.298. The van der Waals surface area contributed by atoms with Crippen molar-refractivity contribution >= 4 is 47.8 Å². The molecule has 0 saturated heterocycles. The van der Waals surface area contributed by atoms with E-state index in [-0.39, 0.29) is 23.3 Å². The van der Waals surface area contributed by atoms with E-state index in [9.17, 15) is 9.59 Å². The zero-order valence-corrected chi connectivity index (χ0v) is 13.7. The Labute approximate surface area is 150 Å². The van der Waals surface area contributed by atoms with Gasteiger partial charge in [-0.15, -0.1) is 0 Å². The second-order valence-electron chi connectivity index (χ2n) is 4.68. The Morgan fingerprint density at radius 3 is 1.67 bits per heavy atom. The van der Waals surface area contributed by atoms with Gasteiger partial charge in [-0.1, -0.05) is 0 Å². The molecule has 0 aliphatic carbocycles. The molecule has 16 heteroatoms. The number of nitrogens with zero attached hydrogens (tertiary/aromatic N) is 6. The Morgan fingerprint density at radius 2 is 1.30 bits per heavy atom. The number of nitrogens with two attached hydrogens (primary N) is 2. The molecule has 144 valence electrons. The average molecular weight is 380 g/mol. The molecule has 0 aromatic carbocycles. The maximum Gasteiger partial charge on any atom is 0.340 e. The van der Waals surface area contributed by atoms with Crippen LogP contribution in [0.3, 0.4) is 0 Å². The molecule has 16 nitrogen and oxygen atoms in total. The molecule has 0 atom stereocenters. The first-order valence-corrected chi connectivity index (χ1v) is 7.39. The van der Waals surface area contributed by atoms with Gasteiger partial charge in [-0.3, -0.25) is 10.6 Å². The Balaban J connectivity index is 1.52. The highest BCUT2D eigenvalue weighted by molar-refractivity contribution is 5.91. The van der Waals surface area contributed by atoms with Crippen molar-refractivity contribution in [3.05, 3.63) is 0 Å². The molecule has 4 amide bonds. The third-order valence-electron chi connectivity index (χ3n) is 2.67. The van der Waals surface area contributed by atoms with Gasteiger partial charge >= 0.3 is 12.1 Å². The number of urea groups is 2. The van der Waals surface area contributed by atoms with E-state index in [0.29, 0.717) is 19.3 Å². The van der Waals surface area contributed by atoms with E-state index in [1.54, 1.807) is 0 Å². The van der Waals surface area contributed by atoms with Gasteiger partial charge in [0.15, 0.2) is 0 Å². The van der Waals surface area contributed by atoms with Gasteiger partial charge in [0.05, 0.1) is 0 Å². The van der Waals surface area contributed by atoms with Crippen molar-refractivity contribution in [2.75, 3.05) is 22.1 Å². The number of hydrogen-bond donors (Lipinski definition) is 6. The van der Waals surface area contributed by atoms with Crippen LogP contribution in [0.15, 0.2) is 19.5 Å². The van der Waals surface area contributed by atoms with Crippen molar-refractivity contribution in [2.45, 2.75) is 19.3 Å². The largest absolute Gasteiger partial charge is 0.378 e. The lowest BCUT2D eigenvalue weighted by atomic mass is 10.3. The Hall–Kier alpha value is -4.24. The first-order valence-electron chi connectivity index (χ1n) is 7.39. The molecule has 2 aromatic rings. The van der Waals surface area contributed by atoms with E-state index < -0.39 is 12.1 Å². The maximum absolute atomic E-state index is 11.4. The summed E-state index contributed by atoms with van der Waals surface area (Å²) < 4.78 is 8.64. The van der Waals surface area contributed by atoms with Gasteiger partial charge in [-0.25, -0.2) is 29.7 Å². The van der Waals surface area contributed by atoms with E-state index in [0.717, 1.165) is 0 Å². The minimum atomic E-state index is -0.645. The quantitative estimate of drug-likeness (QED) is 0.198. The van der Waals surface area contributed by atoms with Crippen LogP contribution in [0.5, 0.6) is 0 Å². The number of rotatable bonds is 8. The number of hydrazone groups is 2. The Kier molecular flexibility index (Phi) is 7.01. The molecule has 2 heterocycles. The van der Waals surface area contributed by atoms with Crippen LogP contribution in [0.4, 0.5) is 32.9 Å². The number of aromatic nitrogens is 4. The fourth-order valence-corrected chi connectivity index (χ4v) is 1.47. The molecule has 0 aliphatic rings. The molecule has 0 fully saturated rings. The summed E-state index contributed by atoms with van der Waals surface area (Å²) in [5.41, 5.74) is 15.2. The third-order valence-corrected chi connectivity index (χ3v) is 2.67. The fraction of sp³-hybridized carbons (Fsp3) is 0.273. The lowest BCUT2D eigenvalue weighted by Crippen LogP contribution is -2.24. The second kappa shape index (κ2) is 9.91. The standard InChI is InChI=1S/C11H16N12O4/c12-6-8(22-26-20-6)16-10(24)18-14-4-2-1-3-5-15-19-11(25)17-9-7(13)21-27-23-9/h4-5H,1-3H2,(H2,12,20)(H2,13,21)(H2,16,18,22,24)(H2,17,19,23,25)/b14-4-,15-5-. The summed E-state index contributed by atoms with van der Waals surface area (Å²) in [6.07, 6.45) is 4.80. The van der Waals surface area contributed by atoms with Crippen LogP contribution in [0.2, 0.25) is 0 Å². The van der Waals surface area contributed by atoms with Gasteiger partial charge < -0.3 is 11.5 Å². The van der Waals surface area contributed by atoms with Crippen molar-refractivity contribution in [2.24, 2.45) is 10.2 Å². The normalized spacial score (nSPS) is 11.0. The number of nitrogens with one attached hydrogen (secondary N) is 4. The molecule has 0 spiro atoms. The number of nitrogen functional groups attached to an aromatic ring is 2. The molecule has 0 unspecified atom stereocenters. The molecule has 27 heavy (non-hydrogen) atoms. The van der Waals surface area contributed by atoms with E-state index in [1.165, 1.54) is 12.4 Å². The molecule has 0 radical (unpaired) electrons. The number of carbonyl (C=O) groups is 2. The zero-order valence-electron chi connectivity index (χ0n) is 13.7. The highest BCUT2D eigenvalue weighted by Gasteiger charge is 2.09. The van der Waals surface area contributed by atoms with Crippen molar-refractivity contribution in [1.29, 1.82) is 0 Å². The van der Waals surface area contributed by atoms with Gasteiger partial charge in [0.1, 0.15) is 0 Å². The van der Waals surface area contributed by atoms with Crippen LogP contribution in [0, 0.1) is 0 Å². The van der Waals surface area contributed by atoms with Crippen LogP contribution in [0.1, 0.15) is 19.3 Å². The van der Waals surface area contributed by atoms with Crippen LogP contribution in [-0.2, 0) is 0 Å². The summed E-state index contributed by atoms with van der Waals surface area (Å²) in [5, 5.41) is 25.4. The van der Waals surface area contributed by atoms with Crippen molar-refractivity contribution < 1.29 is 18.8 Å². The molecule has 8 N–H and O–H groups in total. The van der Waals surface area contributed by atoms with E-state index >= 15 is 0 Å². The summed E-state index contributed by atoms with van der Waals surface area (Å²) >= 11 is 0. The minimum absolute atomic E-state index is 0.00190. The number of anilines is 4. The highest BCUT2D eigenvalue weighted by atomic mass is 16.6. The molecular weight excluding hydrogens is 364 g/mol. The summed E-state index contributed by atoms with van der Waals surface area (Å²) in [5.74, 6) is -0.0929. The molecular formula is C11H16N12O4. The van der Waals surface area contributed by atoms with Crippen molar-refractivity contribution in [3.8, 4) is 0 Å². The van der Waals surface area contributed by atoms with E-state index in [1.807, 2.05) is 0 Å². The molecule has 0 saturated carbocycles. The smallest absolute Gasteiger partial charge is 0.340 e. The van der Waals surface area contributed by atoms with Gasteiger partial charge in [-0.2, -0.15) is 10.2 Å². The van der Waals surface area contributed by atoms with Crippen LogP contribution < -0.4 is 33.0 Å². The summed E-state index contributed by atoms with van der Waals surface area (Å²) in [6.45, 7) is 0. The van der Waals surface area contributed by atoms with Crippen molar-refractivity contribution in [1.82, 2.24) is 31.5 Å². The summed E-state index contributed by atoms with van der Waals surface area (Å²) in [6, 6.07) is -1.29. The van der Waals surface area contributed by atoms with Crippen LogP contribution >= 0.6 is 0 Å². The second-order valence-corrected chi connectivity index (χ2v) is 4.68. The number of carbonyl (C=O) groups excluding carboxylic acids is 2. The minimum Gasteiger partial charge on any atom is -0.378 e. The first kappa shape index (κ1) is 19.1. The zero-order chi connectivity index (χ0) is 19.5. The monoisotopic (exact) mass is 380 g/mol. The van der Waals surface area contributed by atoms with Crippen LogP contribution in [0.25, 0.3) is 0 Å². The maximum atomic E-state index is 11.4. The van der Waals surface area contributed by atoms with Gasteiger partial charge in [0.25, 0.3) is 0 Å². The number of amides is 4. The fourth-order valence-electron chi connectivity index (χ4n) is 1.47. The highest BCUT2D eigenvalue weighted by Crippen LogP contribution is 2.10. The molecule has 2 aromatic heterocycles. The van der Waals surface area contributed by atoms with Gasteiger partial charge in [-0.05, 0) is 39.9 Å². The van der Waals surface area contributed by atoms with E-state index in [2.05, 4.69) is 61.6 Å². The number of unbranched alkanes of at least 4 members (excludes halogenated alkanes) is 2. The molecule has 0 aliphatic heterocycles. The van der Waals surface area contributed by atoms with Crippen LogP contribution in [-0.4, -0.2) is 45.1 Å². The average Bonchev–Trinajstić information content (AvgIpc) is 3.22. The SMILES string of the molecule is Nc1nonc1NC(=O)N/N=C\CCC/C=N\NC(=O)Nc1nonc1N. The topological polar surface area (TPSA) is 237 Å². The third kappa shape index (κ3) is 6.64.